The summed E-state index contributed by atoms with van der Waals surface area (Å²) in [6, 6.07) is 19.8. The smallest absolute Gasteiger partial charge is 0.267 e. The molecule has 1 amide bonds. The Bertz CT molecular complexity index is 862. The SMILES string of the molecule is CC(Cl)C(Cc1ccccc1)c1nc(C(N)=O)cc2ccccc12. The van der Waals surface area contributed by atoms with Gasteiger partial charge in [0.05, 0.1) is 5.69 Å². The number of alkyl halides is 1. The van der Waals surface area contributed by atoms with Gasteiger partial charge >= 0.3 is 0 Å². The summed E-state index contributed by atoms with van der Waals surface area (Å²) < 4.78 is 0. The van der Waals surface area contributed by atoms with Crippen LogP contribution in [0.4, 0.5) is 0 Å². The lowest BCUT2D eigenvalue weighted by atomic mass is 9.90. The van der Waals surface area contributed by atoms with E-state index in [1.54, 1.807) is 6.07 Å². The van der Waals surface area contributed by atoms with Crippen LogP contribution in [0.15, 0.2) is 60.7 Å². The number of nitrogens with two attached hydrogens (primary N) is 1. The van der Waals surface area contributed by atoms with Crippen LogP contribution in [0.3, 0.4) is 0 Å². The summed E-state index contributed by atoms with van der Waals surface area (Å²) in [7, 11) is 0. The minimum Gasteiger partial charge on any atom is -0.364 e. The van der Waals surface area contributed by atoms with Crippen LogP contribution in [0, 0.1) is 0 Å². The first kappa shape index (κ1) is 16.5. The van der Waals surface area contributed by atoms with E-state index >= 15 is 0 Å². The second kappa shape index (κ2) is 7.02. The van der Waals surface area contributed by atoms with Crippen LogP contribution >= 0.6 is 11.6 Å². The number of aromatic nitrogens is 1. The number of hydrogen-bond donors (Lipinski definition) is 1. The van der Waals surface area contributed by atoms with Crippen molar-refractivity contribution in [3.05, 3.63) is 77.6 Å². The number of fused-ring (bicyclic) bond motifs is 1. The van der Waals surface area contributed by atoms with Gasteiger partial charge in [-0.1, -0.05) is 54.6 Å². The maximum atomic E-state index is 11.7. The molecule has 0 radical (unpaired) electrons. The lowest BCUT2D eigenvalue weighted by Crippen LogP contribution is -2.19. The average Bonchev–Trinajstić information content (AvgIpc) is 2.59. The lowest BCUT2D eigenvalue weighted by Gasteiger charge is -2.21. The second-order valence-corrected chi connectivity index (χ2v) is 6.64. The van der Waals surface area contributed by atoms with E-state index in [1.165, 1.54) is 5.56 Å². The summed E-state index contributed by atoms with van der Waals surface area (Å²) in [5.41, 5.74) is 7.76. The number of carbonyl (C=O) groups excluding carboxylic acids is 1. The van der Waals surface area contributed by atoms with Gasteiger partial charge in [0.25, 0.3) is 5.91 Å². The van der Waals surface area contributed by atoms with Gasteiger partial charge in [-0.25, -0.2) is 4.98 Å². The molecule has 0 aliphatic heterocycles. The Labute approximate surface area is 146 Å². The van der Waals surface area contributed by atoms with E-state index in [4.69, 9.17) is 17.3 Å². The van der Waals surface area contributed by atoms with Crippen molar-refractivity contribution in [1.29, 1.82) is 0 Å². The molecular weight excluding hydrogens is 320 g/mol. The minimum absolute atomic E-state index is 0.0155. The fourth-order valence-corrected chi connectivity index (χ4v) is 3.19. The van der Waals surface area contributed by atoms with E-state index in [1.807, 2.05) is 49.4 Å². The fraction of sp³-hybridized carbons (Fsp3) is 0.200. The molecule has 1 heterocycles. The van der Waals surface area contributed by atoms with E-state index in [-0.39, 0.29) is 17.0 Å². The van der Waals surface area contributed by atoms with Gasteiger partial charge < -0.3 is 5.73 Å². The molecule has 2 aromatic carbocycles. The number of primary amides is 1. The first-order chi connectivity index (χ1) is 11.6. The van der Waals surface area contributed by atoms with Gasteiger partial charge in [0.1, 0.15) is 5.69 Å². The summed E-state index contributed by atoms with van der Waals surface area (Å²) in [6.45, 7) is 1.96. The number of pyridine rings is 1. The quantitative estimate of drug-likeness (QED) is 0.705. The zero-order chi connectivity index (χ0) is 17.1. The monoisotopic (exact) mass is 338 g/mol. The molecule has 3 nitrogen and oxygen atoms in total. The summed E-state index contributed by atoms with van der Waals surface area (Å²) in [5.74, 6) is -0.541. The molecule has 2 unspecified atom stereocenters. The van der Waals surface area contributed by atoms with Crippen molar-refractivity contribution in [2.45, 2.75) is 24.6 Å². The summed E-state index contributed by atoms with van der Waals surface area (Å²) in [5, 5.41) is 1.83. The maximum Gasteiger partial charge on any atom is 0.267 e. The topological polar surface area (TPSA) is 56.0 Å². The van der Waals surface area contributed by atoms with Crippen molar-refractivity contribution in [2.75, 3.05) is 0 Å². The van der Waals surface area contributed by atoms with Gasteiger partial charge in [0.15, 0.2) is 0 Å². The predicted molar refractivity (Wildman–Crippen MR) is 98.5 cm³/mol. The third-order valence-electron chi connectivity index (χ3n) is 4.23. The lowest BCUT2D eigenvalue weighted by molar-refractivity contribution is 0.0995. The van der Waals surface area contributed by atoms with E-state index in [0.717, 1.165) is 22.9 Å². The summed E-state index contributed by atoms with van der Waals surface area (Å²) in [6.07, 6.45) is 0.755. The number of benzene rings is 2. The molecule has 122 valence electrons. The highest BCUT2D eigenvalue weighted by atomic mass is 35.5. The van der Waals surface area contributed by atoms with E-state index in [0.29, 0.717) is 0 Å². The Balaban J connectivity index is 2.14. The highest BCUT2D eigenvalue weighted by Gasteiger charge is 2.23. The molecule has 0 saturated carbocycles. The van der Waals surface area contributed by atoms with Crippen LogP contribution in [0.1, 0.15) is 34.6 Å². The largest absolute Gasteiger partial charge is 0.364 e. The van der Waals surface area contributed by atoms with Crippen LogP contribution in [-0.2, 0) is 6.42 Å². The zero-order valence-corrected chi connectivity index (χ0v) is 14.2. The Morgan fingerprint density at radius 3 is 2.46 bits per heavy atom. The second-order valence-electron chi connectivity index (χ2n) is 5.95. The van der Waals surface area contributed by atoms with E-state index < -0.39 is 5.91 Å². The normalized spacial score (nSPS) is 13.6. The number of nitrogens with zero attached hydrogens (tertiary/aromatic N) is 1. The molecule has 0 fully saturated rings. The van der Waals surface area contributed by atoms with Crippen LogP contribution < -0.4 is 5.73 Å². The Morgan fingerprint density at radius 1 is 1.12 bits per heavy atom. The molecule has 4 heteroatoms. The molecule has 3 rings (SSSR count). The molecule has 0 spiro atoms. The Hall–Kier alpha value is -2.39. The number of halogens is 1. The van der Waals surface area contributed by atoms with Crippen LogP contribution in [0.25, 0.3) is 10.8 Å². The van der Waals surface area contributed by atoms with Crippen LogP contribution in [-0.4, -0.2) is 16.3 Å². The van der Waals surface area contributed by atoms with Crippen molar-refractivity contribution in [2.24, 2.45) is 5.73 Å². The Morgan fingerprint density at radius 2 is 1.79 bits per heavy atom. The van der Waals surface area contributed by atoms with Gasteiger partial charge in [-0.05, 0) is 30.4 Å². The fourth-order valence-electron chi connectivity index (χ4n) is 2.98. The highest BCUT2D eigenvalue weighted by Crippen LogP contribution is 2.32. The number of rotatable bonds is 5. The van der Waals surface area contributed by atoms with Crippen LogP contribution in [0.5, 0.6) is 0 Å². The van der Waals surface area contributed by atoms with Crippen molar-refractivity contribution in [3.8, 4) is 0 Å². The minimum atomic E-state index is -0.525. The molecule has 2 atom stereocenters. The molecule has 0 aliphatic carbocycles. The molecule has 3 aromatic rings. The van der Waals surface area contributed by atoms with Gasteiger partial charge in [-0.2, -0.15) is 0 Å². The summed E-state index contributed by atoms with van der Waals surface area (Å²) in [4.78, 5) is 16.2. The first-order valence-corrected chi connectivity index (χ1v) is 8.37. The van der Waals surface area contributed by atoms with Gasteiger partial charge in [-0.15, -0.1) is 11.6 Å². The maximum absolute atomic E-state index is 11.7. The number of hydrogen-bond acceptors (Lipinski definition) is 2. The Kier molecular flexibility index (Phi) is 4.81. The first-order valence-electron chi connectivity index (χ1n) is 7.93. The van der Waals surface area contributed by atoms with Crippen molar-refractivity contribution >= 4 is 28.3 Å². The van der Waals surface area contributed by atoms with Crippen molar-refractivity contribution in [3.63, 3.8) is 0 Å². The van der Waals surface area contributed by atoms with Gasteiger partial charge in [0, 0.05) is 16.7 Å². The zero-order valence-electron chi connectivity index (χ0n) is 13.4. The average molecular weight is 339 g/mol. The van der Waals surface area contributed by atoms with E-state index in [2.05, 4.69) is 17.1 Å². The van der Waals surface area contributed by atoms with E-state index in [9.17, 15) is 4.79 Å². The molecule has 24 heavy (non-hydrogen) atoms. The highest BCUT2D eigenvalue weighted by molar-refractivity contribution is 6.21. The van der Waals surface area contributed by atoms with Crippen molar-refractivity contribution in [1.82, 2.24) is 4.98 Å². The molecular formula is C20H19ClN2O. The molecule has 2 N–H and O–H groups in total. The van der Waals surface area contributed by atoms with Crippen molar-refractivity contribution < 1.29 is 4.79 Å². The van der Waals surface area contributed by atoms with Gasteiger partial charge in [0.2, 0.25) is 0 Å². The van der Waals surface area contributed by atoms with Crippen LogP contribution in [0.2, 0.25) is 0 Å². The molecule has 0 bridgehead atoms. The summed E-state index contributed by atoms with van der Waals surface area (Å²) >= 11 is 6.50. The predicted octanol–water partition coefficient (Wildman–Crippen LogP) is 4.29. The third-order valence-corrected chi connectivity index (χ3v) is 4.53. The molecule has 0 aliphatic rings. The third kappa shape index (κ3) is 3.41. The molecule has 1 aromatic heterocycles. The van der Waals surface area contributed by atoms with Gasteiger partial charge in [-0.3, -0.25) is 4.79 Å². The molecule has 0 saturated heterocycles. The standard InChI is InChI=1S/C20H19ClN2O/c1-13(21)17(11-14-7-3-2-4-8-14)19-16-10-6-5-9-15(16)12-18(23-19)20(22)24/h2-10,12-13,17H,11H2,1H3,(H2,22,24). The number of carbonyl (C=O) groups is 1. The number of amides is 1.